The van der Waals surface area contributed by atoms with Crippen molar-refractivity contribution in [1.29, 1.82) is 0 Å². The molecule has 6 heteroatoms. The Morgan fingerprint density at radius 2 is 2.03 bits per heavy atom. The number of Topliss-reactive ketones (excluding diaryl/α,β-unsaturated/α-hetero) is 1. The molecule has 1 unspecified atom stereocenters. The van der Waals surface area contributed by atoms with Crippen LogP contribution >= 0.6 is 0 Å². The molecule has 0 aliphatic carbocycles. The molecule has 30 heavy (non-hydrogen) atoms. The van der Waals surface area contributed by atoms with Gasteiger partial charge in [-0.3, -0.25) is 9.59 Å². The molecule has 0 saturated heterocycles. The number of ketones is 1. The van der Waals surface area contributed by atoms with Gasteiger partial charge in [0.2, 0.25) is 0 Å². The van der Waals surface area contributed by atoms with Gasteiger partial charge in [-0.1, -0.05) is 50.1 Å². The molecule has 1 rings (SSSR count). The lowest BCUT2D eigenvalue weighted by molar-refractivity contribution is -0.139. The molecule has 0 radical (unpaired) electrons. The number of ether oxygens (including phenoxy) is 1. The Kier molecular flexibility index (Phi) is 8.58. The monoisotopic (exact) mass is 419 g/mol. The van der Waals surface area contributed by atoms with Gasteiger partial charge in [0.25, 0.3) is 0 Å². The maximum atomic E-state index is 12.6. The summed E-state index contributed by atoms with van der Waals surface area (Å²) >= 11 is 0. The lowest BCUT2D eigenvalue weighted by Crippen LogP contribution is -2.16. The quantitative estimate of drug-likeness (QED) is 0.174. The van der Waals surface area contributed by atoms with Crippen molar-refractivity contribution < 1.29 is 28.0 Å². The fourth-order valence-corrected chi connectivity index (χ4v) is 2.80. The first-order chi connectivity index (χ1) is 15.4. The fourth-order valence-electron chi connectivity index (χ4n) is 2.80. The molecule has 1 aromatic rings. The van der Waals surface area contributed by atoms with E-state index in [0.29, 0.717) is 18.4 Å². The molecule has 1 N–H and O–H groups in total. The highest BCUT2D eigenvalue weighted by Gasteiger charge is 2.21. The van der Waals surface area contributed by atoms with E-state index in [0.717, 1.165) is 18.4 Å². The molecular formula is C24H32O6. The highest BCUT2D eigenvalue weighted by atomic mass is 16.5. The average Bonchev–Trinajstić information content (AvgIpc) is 2.69. The van der Waals surface area contributed by atoms with Crippen LogP contribution in [0.25, 0.3) is 0 Å². The van der Waals surface area contributed by atoms with E-state index in [1.165, 1.54) is 12.1 Å². The number of hydrogen-bond donors (Lipinski definition) is 1. The number of hydrogen-bond acceptors (Lipinski definition) is 6. The van der Waals surface area contributed by atoms with Crippen LogP contribution in [0.15, 0.2) is 50.7 Å². The fraction of sp³-hybridized carbons (Fsp3) is 0.458. The Morgan fingerprint density at radius 3 is 2.67 bits per heavy atom. The molecule has 0 saturated carbocycles. The van der Waals surface area contributed by atoms with E-state index in [9.17, 15) is 19.5 Å². The van der Waals surface area contributed by atoms with Crippen molar-refractivity contribution in [2.24, 2.45) is 0 Å². The van der Waals surface area contributed by atoms with E-state index in [1.807, 2.05) is 13.0 Å². The summed E-state index contributed by atoms with van der Waals surface area (Å²) in [6, 6.07) is 1.28. The topological polar surface area (TPSA) is 93.8 Å². The molecule has 0 amide bonds. The number of rotatable bonds is 11. The van der Waals surface area contributed by atoms with Crippen molar-refractivity contribution in [3.8, 4) is 5.75 Å². The van der Waals surface area contributed by atoms with Crippen molar-refractivity contribution in [3.05, 3.63) is 63.3 Å². The minimum absolute atomic E-state index is 0.167. The van der Waals surface area contributed by atoms with Gasteiger partial charge in [0, 0.05) is 12.0 Å². The normalized spacial score (nSPS) is 15.4. The minimum Gasteiger partial charge on any atom is -0.507 e. The van der Waals surface area contributed by atoms with Crippen molar-refractivity contribution in [3.63, 3.8) is 0 Å². The first-order valence-electron chi connectivity index (χ1n) is 11.5. The predicted molar refractivity (Wildman–Crippen MR) is 117 cm³/mol. The van der Waals surface area contributed by atoms with Crippen LogP contribution in [0.4, 0.5) is 0 Å². The Morgan fingerprint density at radius 1 is 1.30 bits per heavy atom. The Bertz CT molecular complexity index is 983. The second kappa shape index (κ2) is 12.6. The summed E-state index contributed by atoms with van der Waals surface area (Å²) in [6.45, 7) is 7.38. The molecule has 0 aliphatic heterocycles. The van der Waals surface area contributed by atoms with E-state index in [1.54, 1.807) is 26.0 Å². The highest BCUT2D eigenvalue weighted by molar-refractivity contribution is 6.09. The maximum absolute atomic E-state index is 12.6. The molecule has 1 aromatic heterocycles. The van der Waals surface area contributed by atoms with Crippen LogP contribution in [0.1, 0.15) is 85.9 Å². The SMILES string of the molecule is [2H]C([2H])([2H])OC(=O)C/C=C/CCC(C)c1cc(O)c(C(=O)/C(C)=C/C=C(\C)CCC)c(=O)o1. The maximum Gasteiger partial charge on any atom is 0.351 e. The Balaban J connectivity index is 2.80. The second-order valence-corrected chi connectivity index (χ2v) is 7.27. The third kappa shape index (κ3) is 7.85. The number of esters is 1. The van der Waals surface area contributed by atoms with Gasteiger partial charge in [0.15, 0.2) is 5.78 Å². The zero-order chi connectivity index (χ0) is 25.2. The van der Waals surface area contributed by atoms with Crippen LogP contribution in [0, 0.1) is 0 Å². The largest absolute Gasteiger partial charge is 0.507 e. The summed E-state index contributed by atoms with van der Waals surface area (Å²) in [5.41, 5.74) is 0.130. The number of carbonyl (C=O) groups excluding carboxylic acids is 2. The summed E-state index contributed by atoms with van der Waals surface area (Å²) in [5, 5.41) is 10.3. The molecule has 164 valence electrons. The second-order valence-electron chi connectivity index (χ2n) is 7.27. The molecule has 1 atom stereocenters. The van der Waals surface area contributed by atoms with Gasteiger partial charge in [-0.15, -0.1) is 0 Å². The lowest BCUT2D eigenvalue weighted by Gasteiger charge is -2.11. The van der Waals surface area contributed by atoms with Gasteiger partial charge in [-0.2, -0.15) is 0 Å². The van der Waals surface area contributed by atoms with Crippen LogP contribution in [0.5, 0.6) is 5.75 Å². The van der Waals surface area contributed by atoms with E-state index in [2.05, 4.69) is 11.7 Å². The standard InChI is InChI=1S/C24H32O6/c1-6-10-16(2)13-14-18(4)23(27)22-19(25)15-20(30-24(22)28)17(3)11-8-7-9-12-21(26)29-5/h7,9,13-15,17,25H,6,8,10-12H2,1-5H3/b9-7+,16-13+,18-14+/i5D3. The van der Waals surface area contributed by atoms with Crippen molar-refractivity contribution in [2.45, 2.75) is 65.7 Å². The van der Waals surface area contributed by atoms with Gasteiger partial charge in [0.05, 0.1) is 17.6 Å². The number of allylic oxidation sites excluding steroid dienone is 5. The Hall–Kier alpha value is -2.89. The summed E-state index contributed by atoms with van der Waals surface area (Å²) in [6.07, 6.45) is 9.40. The minimum atomic E-state index is -2.76. The summed E-state index contributed by atoms with van der Waals surface area (Å²) in [4.78, 5) is 36.4. The van der Waals surface area contributed by atoms with E-state index >= 15 is 0 Å². The third-order valence-corrected chi connectivity index (χ3v) is 4.61. The van der Waals surface area contributed by atoms with E-state index in [-0.39, 0.29) is 18.1 Å². The zero-order valence-electron chi connectivity index (χ0n) is 21.0. The molecule has 1 heterocycles. The predicted octanol–water partition coefficient (Wildman–Crippen LogP) is 5.22. The number of methoxy groups -OCH3 is 1. The van der Waals surface area contributed by atoms with Crippen LogP contribution in [-0.4, -0.2) is 23.9 Å². The molecule has 0 bridgehead atoms. The van der Waals surface area contributed by atoms with E-state index in [4.69, 9.17) is 8.53 Å². The van der Waals surface area contributed by atoms with Gasteiger partial charge in [-0.25, -0.2) is 4.79 Å². The number of aromatic hydroxyl groups is 1. The average molecular weight is 420 g/mol. The Labute approximate surface area is 182 Å². The van der Waals surface area contributed by atoms with Crippen molar-refractivity contribution >= 4 is 11.8 Å². The van der Waals surface area contributed by atoms with Gasteiger partial charge < -0.3 is 14.3 Å². The smallest absolute Gasteiger partial charge is 0.351 e. The van der Waals surface area contributed by atoms with Crippen molar-refractivity contribution in [2.75, 3.05) is 7.04 Å². The third-order valence-electron chi connectivity index (χ3n) is 4.61. The molecule has 0 spiro atoms. The van der Waals surface area contributed by atoms with Gasteiger partial charge in [0.1, 0.15) is 17.1 Å². The lowest BCUT2D eigenvalue weighted by atomic mass is 9.99. The first kappa shape index (κ1) is 20.4. The van der Waals surface area contributed by atoms with Gasteiger partial charge in [-0.05, 0) is 38.7 Å². The first-order valence-corrected chi connectivity index (χ1v) is 9.98. The number of carbonyl (C=O) groups is 2. The van der Waals surface area contributed by atoms with Crippen LogP contribution in [0.3, 0.4) is 0 Å². The van der Waals surface area contributed by atoms with Crippen LogP contribution in [-0.2, 0) is 9.53 Å². The van der Waals surface area contributed by atoms with Crippen molar-refractivity contribution in [1.82, 2.24) is 0 Å². The van der Waals surface area contributed by atoms with Crippen LogP contribution in [0.2, 0.25) is 0 Å². The molecule has 0 aromatic carbocycles. The summed E-state index contributed by atoms with van der Waals surface area (Å²) in [7, 11) is -2.76. The molecule has 0 aliphatic rings. The highest BCUT2D eigenvalue weighted by Crippen LogP contribution is 2.26. The van der Waals surface area contributed by atoms with Gasteiger partial charge >= 0.3 is 11.6 Å². The summed E-state index contributed by atoms with van der Waals surface area (Å²) in [5.74, 6) is -1.88. The van der Waals surface area contributed by atoms with Crippen LogP contribution < -0.4 is 5.63 Å². The van der Waals surface area contributed by atoms with E-state index < -0.39 is 35.7 Å². The zero-order valence-corrected chi connectivity index (χ0v) is 18.0. The molecule has 0 fully saturated rings. The summed E-state index contributed by atoms with van der Waals surface area (Å²) < 4.78 is 30.1. The molecular weight excluding hydrogens is 384 g/mol. The molecule has 6 nitrogen and oxygen atoms in total.